The molecule has 0 aromatic heterocycles. The first-order valence-electron chi connectivity index (χ1n) is 7.32. The van der Waals surface area contributed by atoms with Crippen LogP contribution >= 0.6 is 0 Å². The molecule has 0 radical (unpaired) electrons. The lowest BCUT2D eigenvalue weighted by atomic mass is 9.96. The van der Waals surface area contributed by atoms with Crippen LogP contribution in [0.25, 0.3) is 11.1 Å². The van der Waals surface area contributed by atoms with E-state index < -0.39 is 0 Å². The molecule has 1 heterocycles. The fourth-order valence-corrected chi connectivity index (χ4v) is 2.60. The van der Waals surface area contributed by atoms with Crippen molar-refractivity contribution in [2.45, 2.75) is 12.5 Å². The van der Waals surface area contributed by atoms with Gasteiger partial charge in [-0.05, 0) is 41.0 Å². The van der Waals surface area contributed by atoms with Crippen molar-refractivity contribution in [3.63, 3.8) is 0 Å². The molecule has 2 aromatic carbocycles. The number of dihydropyridines is 1. The van der Waals surface area contributed by atoms with Crippen LogP contribution in [0.5, 0.6) is 0 Å². The molecule has 1 unspecified atom stereocenters. The topological polar surface area (TPSA) is 38.0 Å². The molecule has 0 saturated carbocycles. The Bertz CT molecular complexity index is 639. The molecule has 0 fully saturated rings. The first-order chi connectivity index (χ1) is 10.3. The number of rotatable bonds is 4. The Kier molecular flexibility index (Phi) is 4.17. The zero-order valence-corrected chi connectivity index (χ0v) is 12.0. The third-order valence-electron chi connectivity index (χ3n) is 3.80. The average molecular weight is 276 g/mol. The normalized spacial score (nSPS) is 15.2. The van der Waals surface area contributed by atoms with Gasteiger partial charge in [-0.3, -0.25) is 0 Å². The molecule has 0 saturated heterocycles. The van der Waals surface area contributed by atoms with E-state index in [9.17, 15) is 0 Å². The minimum atomic E-state index is 0.0503. The molecule has 1 aliphatic rings. The van der Waals surface area contributed by atoms with Gasteiger partial charge in [0.15, 0.2) is 0 Å². The maximum Gasteiger partial charge on any atom is 0.0358 e. The molecule has 1 aliphatic heterocycles. The van der Waals surface area contributed by atoms with Crippen molar-refractivity contribution < 1.29 is 0 Å². The molecule has 2 heteroatoms. The number of benzene rings is 2. The summed E-state index contributed by atoms with van der Waals surface area (Å²) in [6, 6.07) is 19.0. The minimum absolute atomic E-state index is 0.0503. The predicted molar refractivity (Wildman–Crippen MR) is 88.6 cm³/mol. The Hall–Kier alpha value is -2.32. The van der Waals surface area contributed by atoms with E-state index in [4.69, 9.17) is 5.73 Å². The van der Waals surface area contributed by atoms with Crippen molar-refractivity contribution in [3.05, 3.63) is 84.1 Å². The molecule has 2 nitrogen and oxygen atoms in total. The highest BCUT2D eigenvalue weighted by atomic mass is 14.8. The fraction of sp³-hybridized carbons (Fsp3) is 0.158. The largest absolute Gasteiger partial charge is 0.387 e. The monoisotopic (exact) mass is 276 g/mol. The van der Waals surface area contributed by atoms with Gasteiger partial charge in [0.2, 0.25) is 0 Å². The van der Waals surface area contributed by atoms with Crippen LogP contribution in [0.3, 0.4) is 0 Å². The Morgan fingerprint density at radius 3 is 2.33 bits per heavy atom. The molecule has 0 aliphatic carbocycles. The van der Waals surface area contributed by atoms with Crippen molar-refractivity contribution in [3.8, 4) is 11.1 Å². The number of nitrogens with one attached hydrogen (secondary N) is 1. The van der Waals surface area contributed by atoms with E-state index in [1.54, 1.807) is 0 Å². The van der Waals surface area contributed by atoms with E-state index in [0.717, 1.165) is 13.0 Å². The molecule has 1 atom stereocenters. The van der Waals surface area contributed by atoms with Crippen LogP contribution in [0.2, 0.25) is 0 Å². The second-order valence-electron chi connectivity index (χ2n) is 5.36. The van der Waals surface area contributed by atoms with E-state index in [-0.39, 0.29) is 6.04 Å². The van der Waals surface area contributed by atoms with Gasteiger partial charge in [-0.2, -0.15) is 0 Å². The van der Waals surface area contributed by atoms with Crippen molar-refractivity contribution in [2.75, 3.05) is 6.54 Å². The van der Waals surface area contributed by atoms with Crippen LogP contribution in [-0.4, -0.2) is 6.54 Å². The molecular formula is C19H20N2. The summed E-state index contributed by atoms with van der Waals surface area (Å²) in [5.74, 6) is 0. The maximum atomic E-state index is 6.32. The lowest BCUT2D eigenvalue weighted by molar-refractivity contribution is 0.690. The highest BCUT2D eigenvalue weighted by Gasteiger charge is 2.09. The van der Waals surface area contributed by atoms with Crippen LogP contribution in [0.4, 0.5) is 0 Å². The van der Waals surface area contributed by atoms with Crippen LogP contribution in [0.15, 0.2) is 78.5 Å². The quantitative estimate of drug-likeness (QED) is 0.891. The van der Waals surface area contributed by atoms with Gasteiger partial charge in [-0.15, -0.1) is 0 Å². The minimum Gasteiger partial charge on any atom is -0.387 e. The van der Waals surface area contributed by atoms with Gasteiger partial charge in [-0.25, -0.2) is 0 Å². The van der Waals surface area contributed by atoms with E-state index in [0.29, 0.717) is 0 Å². The number of allylic oxidation sites excluding steroid dienone is 2. The summed E-state index contributed by atoms with van der Waals surface area (Å²) in [6.07, 6.45) is 7.03. The van der Waals surface area contributed by atoms with Crippen molar-refractivity contribution >= 4 is 0 Å². The lowest BCUT2D eigenvalue weighted by Crippen LogP contribution is -2.18. The maximum absolute atomic E-state index is 6.32. The van der Waals surface area contributed by atoms with Gasteiger partial charge < -0.3 is 11.1 Å². The highest BCUT2D eigenvalue weighted by Crippen LogP contribution is 2.24. The second kappa shape index (κ2) is 6.42. The molecule has 0 spiro atoms. The third-order valence-corrected chi connectivity index (χ3v) is 3.80. The van der Waals surface area contributed by atoms with Crippen LogP contribution in [0, 0.1) is 0 Å². The highest BCUT2D eigenvalue weighted by molar-refractivity contribution is 5.63. The Balaban J connectivity index is 1.72. The first kappa shape index (κ1) is 13.7. The van der Waals surface area contributed by atoms with Gasteiger partial charge in [0, 0.05) is 12.6 Å². The number of hydrogen-bond donors (Lipinski definition) is 2. The average Bonchev–Trinajstić information content (AvgIpc) is 2.57. The molecule has 3 N–H and O–H groups in total. The molecule has 2 aromatic rings. The molecule has 0 amide bonds. The van der Waals surface area contributed by atoms with E-state index >= 15 is 0 Å². The van der Waals surface area contributed by atoms with E-state index in [2.05, 4.69) is 59.9 Å². The molecule has 3 rings (SSSR count). The first-order valence-corrected chi connectivity index (χ1v) is 7.32. The summed E-state index contributed by atoms with van der Waals surface area (Å²) >= 11 is 0. The van der Waals surface area contributed by atoms with Gasteiger partial charge in [-0.1, -0.05) is 60.7 Å². The van der Waals surface area contributed by atoms with E-state index in [1.807, 2.05) is 18.3 Å². The van der Waals surface area contributed by atoms with Crippen LogP contribution in [-0.2, 0) is 0 Å². The summed E-state index contributed by atoms with van der Waals surface area (Å²) in [6.45, 7) is 0.895. The lowest BCUT2D eigenvalue weighted by Gasteiger charge is -2.17. The number of nitrogens with two attached hydrogens (primary N) is 1. The van der Waals surface area contributed by atoms with Gasteiger partial charge in [0.05, 0.1) is 0 Å². The van der Waals surface area contributed by atoms with Crippen molar-refractivity contribution in [1.82, 2.24) is 5.32 Å². The number of hydrogen-bond acceptors (Lipinski definition) is 2. The smallest absolute Gasteiger partial charge is 0.0358 e. The molecule has 0 bridgehead atoms. The summed E-state index contributed by atoms with van der Waals surface area (Å²) in [5.41, 5.74) is 11.3. The van der Waals surface area contributed by atoms with Crippen molar-refractivity contribution in [1.29, 1.82) is 0 Å². The standard InChI is InChI=1S/C19H20N2/c20-19(13-15-5-4-12-21-14-15)18-10-8-17(9-11-18)16-6-2-1-3-7-16/h1-12,19,21H,13-14,20H2. The van der Waals surface area contributed by atoms with Gasteiger partial charge >= 0.3 is 0 Å². The molecular weight excluding hydrogens is 256 g/mol. The Morgan fingerprint density at radius 2 is 1.67 bits per heavy atom. The third kappa shape index (κ3) is 3.41. The van der Waals surface area contributed by atoms with Gasteiger partial charge in [0.1, 0.15) is 0 Å². The molecule has 21 heavy (non-hydrogen) atoms. The van der Waals surface area contributed by atoms with Gasteiger partial charge in [0.25, 0.3) is 0 Å². The zero-order valence-electron chi connectivity index (χ0n) is 12.0. The SMILES string of the molecule is NC(CC1=CC=CNC1)c1ccc(-c2ccccc2)cc1. The van der Waals surface area contributed by atoms with Crippen molar-refractivity contribution in [2.24, 2.45) is 5.73 Å². The summed E-state index contributed by atoms with van der Waals surface area (Å²) < 4.78 is 0. The second-order valence-corrected chi connectivity index (χ2v) is 5.36. The fourth-order valence-electron chi connectivity index (χ4n) is 2.60. The van der Waals surface area contributed by atoms with Crippen LogP contribution in [0.1, 0.15) is 18.0 Å². The van der Waals surface area contributed by atoms with Crippen LogP contribution < -0.4 is 11.1 Å². The predicted octanol–water partition coefficient (Wildman–Crippen LogP) is 3.79. The summed E-state index contributed by atoms with van der Waals surface area (Å²) in [5, 5.41) is 3.22. The summed E-state index contributed by atoms with van der Waals surface area (Å²) in [4.78, 5) is 0. The van der Waals surface area contributed by atoms with E-state index in [1.165, 1.54) is 22.3 Å². The Labute approximate surface area is 126 Å². The summed E-state index contributed by atoms with van der Waals surface area (Å²) in [7, 11) is 0. The Morgan fingerprint density at radius 1 is 0.952 bits per heavy atom. The molecule has 106 valence electrons. The zero-order chi connectivity index (χ0) is 14.5.